The third-order valence-corrected chi connectivity index (χ3v) is 1.69. The summed E-state index contributed by atoms with van der Waals surface area (Å²) in [6.07, 6.45) is -10.7. The van der Waals surface area contributed by atoms with E-state index in [4.69, 9.17) is 10.2 Å². The molecular formula is C8H3F6NO4. The van der Waals surface area contributed by atoms with Crippen LogP contribution in [-0.2, 0) is 6.18 Å². The van der Waals surface area contributed by atoms with Crippen molar-refractivity contribution in [1.29, 1.82) is 0 Å². The van der Waals surface area contributed by atoms with Crippen LogP contribution in [0.25, 0.3) is 0 Å². The lowest BCUT2D eigenvalue weighted by molar-refractivity contribution is -0.276. The summed E-state index contributed by atoms with van der Waals surface area (Å²) in [5.41, 5.74) is -3.60. The standard InChI is InChI=1S/C8H3F6NO4/c9-7(10,11)5-4(16)2(6(17)18)1-3(15-5)19-8(12,13)14/h1,16H,(H,17,18). The van der Waals surface area contributed by atoms with Gasteiger partial charge >= 0.3 is 18.5 Å². The second-order valence-electron chi connectivity index (χ2n) is 3.06. The molecule has 1 aromatic heterocycles. The van der Waals surface area contributed by atoms with Gasteiger partial charge in [0.25, 0.3) is 0 Å². The van der Waals surface area contributed by atoms with Gasteiger partial charge in [-0.15, -0.1) is 13.2 Å². The summed E-state index contributed by atoms with van der Waals surface area (Å²) in [6.45, 7) is 0. The molecule has 0 bridgehead atoms. The second-order valence-corrected chi connectivity index (χ2v) is 3.06. The topological polar surface area (TPSA) is 79.7 Å². The van der Waals surface area contributed by atoms with Crippen molar-refractivity contribution in [2.24, 2.45) is 0 Å². The van der Waals surface area contributed by atoms with Gasteiger partial charge in [0.05, 0.1) is 0 Å². The molecule has 0 radical (unpaired) electrons. The minimum atomic E-state index is -5.36. The maximum atomic E-state index is 12.4. The Morgan fingerprint density at radius 1 is 1.21 bits per heavy atom. The number of carboxylic acids is 1. The third kappa shape index (κ3) is 3.63. The van der Waals surface area contributed by atoms with Crippen LogP contribution in [0, 0.1) is 0 Å². The van der Waals surface area contributed by atoms with Gasteiger partial charge in [-0.2, -0.15) is 13.2 Å². The molecule has 1 rings (SSSR count). The van der Waals surface area contributed by atoms with E-state index in [-0.39, 0.29) is 6.07 Å². The minimum absolute atomic E-state index is 0.0282. The molecule has 11 heteroatoms. The number of carbonyl (C=O) groups is 1. The average molecular weight is 291 g/mol. The molecule has 0 spiro atoms. The molecular weight excluding hydrogens is 288 g/mol. The van der Waals surface area contributed by atoms with Crippen LogP contribution >= 0.6 is 0 Å². The summed E-state index contributed by atoms with van der Waals surface area (Å²) >= 11 is 0. The lowest BCUT2D eigenvalue weighted by atomic mass is 10.2. The fourth-order valence-electron chi connectivity index (χ4n) is 1.05. The van der Waals surface area contributed by atoms with Gasteiger partial charge in [-0.1, -0.05) is 0 Å². The van der Waals surface area contributed by atoms with Crippen LogP contribution in [0.5, 0.6) is 11.6 Å². The van der Waals surface area contributed by atoms with Gasteiger partial charge in [-0.05, 0) is 0 Å². The average Bonchev–Trinajstić information content (AvgIpc) is 2.16. The van der Waals surface area contributed by atoms with Crippen molar-refractivity contribution >= 4 is 5.97 Å². The van der Waals surface area contributed by atoms with E-state index in [1.807, 2.05) is 0 Å². The van der Waals surface area contributed by atoms with Gasteiger partial charge in [-0.3, -0.25) is 0 Å². The number of ether oxygens (including phenoxy) is 1. The van der Waals surface area contributed by atoms with Crippen molar-refractivity contribution in [2.45, 2.75) is 12.5 Å². The number of pyridine rings is 1. The number of carboxylic acid groups (broad SMARTS) is 1. The van der Waals surface area contributed by atoms with Crippen LogP contribution in [0.1, 0.15) is 16.1 Å². The van der Waals surface area contributed by atoms with Crippen molar-refractivity contribution in [1.82, 2.24) is 4.98 Å². The van der Waals surface area contributed by atoms with Crippen LogP contribution in [0.4, 0.5) is 26.3 Å². The fraction of sp³-hybridized carbons (Fsp3) is 0.250. The van der Waals surface area contributed by atoms with E-state index in [0.29, 0.717) is 0 Å². The predicted octanol–water partition coefficient (Wildman–Crippen LogP) is 2.40. The number of hydrogen-bond acceptors (Lipinski definition) is 4. The molecule has 106 valence electrons. The molecule has 2 N–H and O–H groups in total. The van der Waals surface area contributed by atoms with Crippen LogP contribution in [0.2, 0.25) is 0 Å². The van der Waals surface area contributed by atoms with Gasteiger partial charge in [0.15, 0.2) is 11.4 Å². The van der Waals surface area contributed by atoms with E-state index in [1.165, 1.54) is 0 Å². The Hall–Kier alpha value is -2.20. The van der Waals surface area contributed by atoms with Gasteiger partial charge in [0, 0.05) is 6.07 Å². The van der Waals surface area contributed by atoms with Crippen molar-refractivity contribution in [2.75, 3.05) is 0 Å². The maximum Gasteiger partial charge on any atom is 0.574 e. The number of hydrogen-bond donors (Lipinski definition) is 2. The monoisotopic (exact) mass is 291 g/mol. The number of aromatic hydroxyl groups is 1. The van der Waals surface area contributed by atoms with E-state index in [0.717, 1.165) is 0 Å². The van der Waals surface area contributed by atoms with Gasteiger partial charge < -0.3 is 14.9 Å². The predicted molar refractivity (Wildman–Crippen MR) is 44.5 cm³/mol. The van der Waals surface area contributed by atoms with E-state index in [2.05, 4.69) is 9.72 Å². The molecule has 0 aliphatic heterocycles. The van der Waals surface area contributed by atoms with Crippen molar-refractivity contribution in [3.05, 3.63) is 17.3 Å². The van der Waals surface area contributed by atoms with E-state index in [9.17, 15) is 31.1 Å². The quantitative estimate of drug-likeness (QED) is 0.818. The molecule has 0 aromatic carbocycles. The fourth-order valence-corrected chi connectivity index (χ4v) is 1.05. The largest absolute Gasteiger partial charge is 0.574 e. The Kier molecular flexibility index (Phi) is 3.50. The summed E-state index contributed by atoms with van der Waals surface area (Å²) in [4.78, 5) is 12.9. The van der Waals surface area contributed by atoms with Gasteiger partial charge in [0.1, 0.15) is 5.56 Å². The number of aromatic nitrogens is 1. The lowest BCUT2D eigenvalue weighted by Gasteiger charge is -2.13. The highest BCUT2D eigenvalue weighted by Crippen LogP contribution is 2.38. The maximum absolute atomic E-state index is 12.4. The van der Waals surface area contributed by atoms with Crippen molar-refractivity contribution in [3.63, 3.8) is 0 Å². The zero-order chi connectivity index (χ0) is 15.0. The number of nitrogens with zero attached hydrogens (tertiary/aromatic N) is 1. The van der Waals surface area contributed by atoms with E-state index < -0.39 is 41.4 Å². The number of alkyl halides is 6. The number of aromatic carboxylic acids is 1. The molecule has 1 aromatic rings. The Labute approximate surface area is 99.6 Å². The van der Waals surface area contributed by atoms with Crippen LogP contribution < -0.4 is 4.74 Å². The normalized spacial score (nSPS) is 12.3. The minimum Gasteiger partial charge on any atom is -0.505 e. The first-order chi connectivity index (χ1) is 8.42. The molecule has 1 heterocycles. The van der Waals surface area contributed by atoms with Gasteiger partial charge in [0.2, 0.25) is 5.88 Å². The Bertz CT molecular complexity index is 509. The van der Waals surface area contributed by atoms with E-state index >= 15 is 0 Å². The first-order valence-electron chi connectivity index (χ1n) is 4.22. The van der Waals surface area contributed by atoms with Crippen LogP contribution in [0.15, 0.2) is 6.07 Å². The highest BCUT2D eigenvalue weighted by molar-refractivity contribution is 5.91. The summed E-state index contributed by atoms with van der Waals surface area (Å²) < 4.78 is 75.7. The second kappa shape index (κ2) is 4.48. The molecule has 0 aliphatic rings. The van der Waals surface area contributed by atoms with E-state index in [1.54, 1.807) is 0 Å². The smallest absolute Gasteiger partial charge is 0.505 e. The molecule has 0 saturated carbocycles. The third-order valence-electron chi connectivity index (χ3n) is 1.69. The Balaban J connectivity index is 3.44. The molecule has 0 atom stereocenters. The molecule has 5 nitrogen and oxygen atoms in total. The number of halogens is 6. The molecule has 0 amide bonds. The SMILES string of the molecule is O=C(O)c1cc(OC(F)(F)F)nc(C(F)(F)F)c1O. The molecule has 0 unspecified atom stereocenters. The highest BCUT2D eigenvalue weighted by Gasteiger charge is 2.40. The first kappa shape index (κ1) is 14.9. The van der Waals surface area contributed by atoms with Gasteiger partial charge in [-0.25, -0.2) is 9.78 Å². The molecule has 0 saturated heterocycles. The van der Waals surface area contributed by atoms with Crippen molar-refractivity contribution < 1.29 is 46.1 Å². The highest BCUT2D eigenvalue weighted by atomic mass is 19.4. The van der Waals surface area contributed by atoms with Crippen molar-refractivity contribution in [3.8, 4) is 11.6 Å². The lowest BCUT2D eigenvalue weighted by Crippen LogP contribution is -2.20. The number of rotatable bonds is 2. The zero-order valence-corrected chi connectivity index (χ0v) is 8.50. The first-order valence-corrected chi connectivity index (χ1v) is 4.22. The molecule has 19 heavy (non-hydrogen) atoms. The zero-order valence-electron chi connectivity index (χ0n) is 8.50. The Morgan fingerprint density at radius 3 is 2.11 bits per heavy atom. The summed E-state index contributed by atoms with van der Waals surface area (Å²) in [5.74, 6) is -5.51. The van der Waals surface area contributed by atoms with Crippen LogP contribution in [0.3, 0.4) is 0 Å². The molecule has 0 aliphatic carbocycles. The summed E-state index contributed by atoms with van der Waals surface area (Å²) in [7, 11) is 0. The van der Waals surface area contributed by atoms with Crippen LogP contribution in [-0.4, -0.2) is 27.5 Å². The summed E-state index contributed by atoms with van der Waals surface area (Å²) in [6, 6.07) is 0.0282. The Morgan fingerprint density at radius 2 is 1.74 bits per heavy atom. The molecule has 0 fully saturated rings. The summed E-state index contributed by atoms with van der Waals surface area (Å²) in [5, 5.41) is 17.5.